The average molecular weight is 213 g/mol. The molecule has 0 radical (unpaired) electrons. The number of halogens is 1. The van der Waals surface area contributed by atoms with Crippen molar-refractivity contribution in [3.05, 3.63) is 30.1 Å². The van der Waals surface area contributed by atoms with Crippen LogP contribution in [0.5, 0.6) is 5.75 Å². The zero-order chi connectivity index (χ0) is 11.1. The smallest absolute Gasteiger partial charge is 0.123 e. The molecule has 0 saturated carbocycles. The lowest BCUT2D eigenvalue weighted by molar-refractivity contribution is 0.140. The van der Waals surface area contributed by atoms with E-state index in [0.717, 1.165) is 0 Å². The van der Waals surface area contributed by atoms with Gasteiger partial charge in [0.05, 0.1) is 12.6 Å². The summed E-state index contributed by atoms with van der Waals surface area (Å²) in [5.74, 6) is 0.400. The predicted octanol–water partition coefficient (Wildman–Crippen LogP) is 1.44. The van der Waals surface area contributed by atoms with Crippen molar-refractivity contribution >= 4 is 0 Å². The fourth-order valence-corrected chi connectivity index (χ4v) is 1.14. The lowest BCUT2D eigenvalue weighted by atomic mass is 10.3. The molecule has 0 saturated heterocycles. The molecule has 0 fully saturated rings. The first-order valence-corrected chi connectivity index (χ1v) is 4.81. The van der Waals surface area contributed by atoms with Crippen molar-refractivity contribution in [1.29, 1.82) is 0 Å². The van der Waals surface area contributed by atoms with Crippen molar-refractivity contribution in [3.63, 3.8) is 0 Å². The molecule has 4 heteroatoms. The van der Waals surface area contributed by atoms with Gasteiger partial charge < -0.3 is 14.8 Å². The van der Waals surface area contributed by atoms with Crippen LogP contribution in [0.25, 0.3) is 0 Å². The maximum Gasteiger partial charge on any atom is 0.123 e. The van der Waals surface area contributed by atoms with E-state index in [9.17, 15) is 4.39 Å². The Kier molecular flexibility index (Phi) is 5.07. The summed E-state index contributed by atoms with van der Waals surface area (Å²) in [5.41, 5.74) is 0. The van der Waals surface area contributed by atoms with Crippen molar-refractivity contribution < 1.29 is 13.9 Å². The molecule has 0 amide bonds. The van der Waals surface area contributed by atoms with Gasteiger partial charge in [-0.25, -0.2) is 4.39 Å². The number of likely N-dealkylation sites (N-methyl/N-ethyl adjacent to an activating group) is 1. The van der Waals surface area contributed by atoms with Crippen LogP contribution >= 0.6 is 0 Å². The predicted molar refractivity (Wildman–Crippen MR) is 56.6 cm³/mol. The molecule has 0 spiro atoms. The molecule has 0 aromatic heterocycles. The summed E-state index contributed by atoms with van der Waals surface area (Å²) in [7, 11) is 3.49. The molecule has 84 valence electrons. The van der Waals surface area contributed by atoms with Gasteiger partial charge in [0.2, 0.25) is 0 Å². The molecule has 3 nitrogen and oxygen atoms in total. The molecule has 1 rings (SSSR count). The molecule has 1 atom stereocenters. The Bertz CT molecular complexity index is 276. The van der Waals surface area contributed by atoms with E-state index in [4.69, 9.17) is 9.47 Å². The summed E-state index contributed by atoms with van der Waals surface area (Å²) >= 11 is 0. The Balaban J connectivity index is 2.38. The van der Waals surface area contributed by atoms with E-state index < -0.39 is 0 Å². The second-order valence-corrected chi connectivity index (χ2v) is 3.21. The number of hydrogen-bond acceptors (Lipinski definition) is 3. The van der Waals surface area contributed by atoms with Crippen LogP contribution in [0.1, 0.15) is 0 Å². The van der Waals surface area contributed by atoms with Crippen LogP contribution in [-0.4, -0.2) is 33.4 Å². The third kappa shape index (κ3) is 4.27. The third-order valence-corrected chi connectivity index (χ3v) is 2.04. The standard InChI is InChI=1S/C11H16FNO2/c1-13-10(7-14-2)8-15-11-5-3-9(12)4-6-11/h3-6,10,13H,7-8H2,1-2H3. The van der Waals surface area contributed by atoms with Crippen LogP contribution < -0.4 is 10.1 Å². The highest BCUT2D eigenvalue weighted by Gasteiger charge is 2.05. The van der Waals surface area contributed by atoms with Gasteiger partial charge in [-0.05, 0) is 31.3 Å². The van der Waals surface area contributed by atoms with Crippen molar-refractivity contribution in [1.82, 2.24) is 5.32 Å². The summed E-state index contributed by atoms with van der Waals surface area (Å²) in [6.07, 6.45) is 0. The maximum atomic E-state index is 12.6. The molecule has 0 bridgehead atoms. The SMILES string of the molecule is CNC(COC)COc1ccc(F)cc1. The number of methoxy groups -OCH3 is 1. The highest BCUT2D eigenvalue weighted by molar-refractivity contribution is 5.22. The quantitative estimate of drug-likeness (QED) is 0.775. The number of hydrogen-bond donors (Lipinski definition) is 1. The number of rotatable bonds is 6. The van der Waals surface area contributed by atoms with Crippen LogP contribution in [0.4, 0.5) is 4.39 Å². The first-order valence-electron chi connectivity index (χ1n) is 4.81. The zero-order valence-electron chi connectivity index (χ0n) is 9.00. The number of nitrogens with one attached hydrogen (secondary N) is 1. The Labute approximate surface area is 89.2 Å². The highest BCUT2D eigenvalue weighted by Crippen LogP contribution is 2.11. The van der Waals surface area contributed by atoms with Crippen LogP contribution in [-0.2, 0) is 4.74 Å². The van der Waals surface area contributed by atoms with E-state index >= 15 is 0 Å². The first-order chi connectivity index (χ1) is 7.26. The van der Waals surface area contributed by atoms with Gasteiger partial charge in [0.1, 0.15) is 18.2 Å². The van der Waals surface area contributed by atoms with Gasteiger partial charge in [0, 0.05) is 7.11 Å². The summed E-state index contributed by atoms with van der Waals surface area (Å²) in [6.45, 7) is 1.08. The molecular weight excluding hydrogens is 197 g/mol. The van der Waals surface area contributed by atoms with Gasteiger partial charge in [0.25, 0.3) is 0 Å². The molecule has 1 unspecified atom stereocenters. The Morgan fingerprint density at radius 2 is 1.93 bits per heavy atom. The van der Waals surface area contributed by atoms with Gasteiger partial charge in [-0.15, -0.1) is 0 Å². The lowest BCUT2D eigenvalue weighted by Gasteiger charge is -2.15. The number of benzene rings is 1. The van der Waals surface area contributed by atoms with Crippen LogP contribution in [0.3, 0.4) is 0 Å². The molecular formula is C11H16FNO2. The summed E-state index contributed by atoms with van der Waals surface area (Å²) in [5, 5.41) is 3.06. The Morgan fingerprint density at radius 1 is 1.27 bits per heavy atom. The third-order valence-electron chi connectivity index (χ3n) is 2.04. The molecule has 0 aliphatic rings. The van der Waals surface area contributed by atoms with E-state index in [-0.39, 0.29) is 11.9 Å². The largest absolute Gasteiger partial charge is 0.492 e. The molecule has 1 aromatic carbocycles. The van der Waals surface area contributed by atoms with E-state index in [1.807, 2.05) is 7.05 Å². The van der Waals surface area contributed by atoms with Crippen molar-refractivity contribution in [3.8, 4) is 5.75 Å². The van der Waals surface area contributed by atoms with Gasteiger partial charge in [-0.3, -0.25) is 0 Å². The Hall–Kier alpha value is -1.13. The molecule has 1 aromatic rings. The maximum absolute atomic E-state index is 12.6. The summed E-state index contributed by atoms with van der Waals surface area (Å²) in [4.78, 5) is 0. The second kappa shape index (κ2) is 6.37. The highest BCUT2D eigenvalue weighted by atomic mass is 19.1. The minimum atomic E-state index is -0.260. The lowest BCUT2D eigenvalue weighted by Crippen LogP contribution is -2.35. The number of ether oxygens (including phenoxy) is 2. The normalized spacial score (nSPS) is 12.5. The molecule has 0 aliphatic carbocycles. The van der Waals surface area contributed by atoms with Crippen LogP contribution in [0.2, 0.25) is 0 Å². The Morgan fingerprint density at radius 3 is 2.47 bits per heavy atom. The minimum Gasteiger partial charge on any atom is -0.492 e. The van der Waals surface area contributed by atoms with Gasteiger partial charge in [-0.1, -0.05) is 0 Å². The second-order valence-electron chi connectivity index (χ2n) is 3.21. The van der Waals surface area contributed by atoms with Crippen LogP contribution in [0, 0.1) is 5.82 Å². The molecule has 0 heterocycles. The van der Waals surface area contributed by atoms with Gasteiger partial charge in [-0.2, -0.15) is 0 Å². The molecule has 1 N–H and O–H groups in total. The first kappa shape index (κ1) is 11.9. The van der Waals surface area contributed by atoms with Crippen molar-refractivity contribution in [2.75, 3.05) is 27.4 Å². The van der Waals surface area contributed by atoms with E-state index in [1.165, 1.54) is 12.1 Å². The fraction of sp³-hybridized carbons (Fsp3) is 0.455. The monoisotopic (exact) mass is 213 g/mol. The zero-order valence-corrected chi connectivity index (χ0v) is 9.00. The molecule has 15 heavy (non-hydrogen) atoms. The van der Waals surface area contributed by atoms with Crippen LogP contribution in [0.15, 0.2) is 24.3 Å². The van der Waals surface area contributed by atoms with Gasteiger partial charge >= 0.3 is 0 Å². The van der Waals surface area contributed by atoms with E-state index in [0.29, 0.717) is 19.0 Å². The van der Waals surface area contributed by atoms with Gasteiger partial charge in [0.15, 0.2) is 0 Å². The average Bonchev–Trinajstić information content (AvgIpc) is 2.26. The van der Waals surface area contributed by atoms with E-state index in [2.05, 4.69) is 5.32 Å². The minimum absolute atomic E-state index is 0.139. The van der Waals surface area contributed by atoms with E-state index in [1.54, 1.807) is 19.2 Å². The molecule has 0 aliphatic heterocycles. The topological polar surface area (TPSA) is 30.5 Å². The van der Waals surface area contributed by atoms with Crippen molar-refractivity contribution in [2.24, 2.45) is 0 Å². The summed E-state index contributed by atoms with van der Waals surface area (Å²) < 4.78 is 23.0. The fourth-order valence-electron chi connectivity index (χ4n) is 1.14. The summed E-state index contributed by atoms with van der Waals surface area (Å²) in [6, 6.07) is 6.10. The van der Waals surface area contributed by atoms with Crippen molar-refractivity contribution in [2.45, 2.75) is 6.04 Å².